The number of carbonyl (C=O) groups is 1. The van der Waals surface area contributed by atoms with Gasteiger partial charge < -0.3 is 10.2 Å². The van der Waals surface area contributed by atoms with Gasteiger partial charge in [0.15, 0.2) is 0 Å². The molecule has 1 saturated heterocycles. The van der Waals surface area contributed by atoms with Crippen LogP contribution >= 0.6 is 24.8 Å². The molecular weight excluding hydrogens is 337 g/mol. The maximum atomic E-state index is 12.6. The molecule has 23 heavy (non-hydrogen) atoms. The van der Waals surface area contributed by atoms with Gasteiger partial charge in [0, 0.05) is 45.3 Å². The van der Waals surface area contributed by atoms with Crippen molar-refractivity contribution in [2.45, 2.75) is 12.5 Å². The van der Waals surface area contributed by atoms with Gasteiger partial charge in [-0.2, -0.15) is 5.10 Å². The number of carbonyl (C=O) groups excluding carboxylic acids is 1. The summed E-state index contributed by atoms with van der Waals surface area (Å²) in [6.07, 6.45) is 7.62. The summed E-state index contributed by atoms with van der Waals surface area (Å²) >= 11 is 0. The Labute approximate surface area is 148 Å². The lowest BCUT2D eigenvalue weighted by atomic mass is 10.0. The molecule has 1 fully saturated rings. The van der Waals surface area contributed by atoms with Crippen LogP contribution in [-0.4, -0.2) is 45.2 Å². The summed E-state index contributed by atoms with van der Waals surface area (Å²) < 4.78 is 1.72. The normalized spacial score (nSPS) is 17.1. The third-order valence-electron chi connectivity index (χ3n) is 3.75. The van der Waals surface area contributed by atoms with Gasteiger partial charge in [0.25, 0.3) is 0 Å². The molecule has 0 radical (unpaired) electrons. The van der Waals surface area contributed by atoms with Crippen LogP contribution in [0.2, 0.25) is 0 Å². The minimum Gasteiger partial charge on any atom is -0.333 e. The Balaban J connectivity index is 0.00000132. The Bertz CT molecular complexity index is 619. The van der Waals surface area contributed by atoms with Gasteiger partial charge in [0.1, 0.15) is 0 Å². The first-order valence-corrected chi connectivity index (χ1v) is 7.11. The number of amides is 1. The van der Waals surface area contributed by atoms with Crippen molar-refractivity contribution in [3.63, 3.8) is 0 Å². The summed E-state index contributed by atoms with van der Waals surface area (Å²) in [5, 5.41) is 7.46. The second-order valence-corrected chi connectivity index (χ2v) is 5.29. The molecule has 1 N–H and O–H groups in total. The van der Waals surface area contributed by atoms with Crippen LogP contribution in [0.15, 0.2) is 36.9 Å². The fraction of sp³-hybridized carbons (Fsp3) is 0.400. The first kappa shape index (κ1) is 19.4. The molecule has 1 atom stereocenters. The molecular formula is C15H21Cl2N5O. The number of nitrogens with zero attached hydrogens (tertiary/aromatic N) is 4. The second kappa shape index (κ2) is 8.86. The average molecular weight is 358 g/mol. The SMILES string of the molecule is Cl.Cl.Cn1cc(CC(=O)N2CCNCC2c2cccnc2)cn1. The lowest BCUT2D eigenvalue weighted by Crippen LogP contribution is -2.49. The van der Waals surface area contributed by atoms with Gasteiger partial charge in [-0.1, -0.05) is 6.07 Å². The van der Waals surface area contributed by atoms with Crippen molar-refractivity contribution in [3.8, 4) is 0 Å². The number of piperazine rings is 1. The number of nitrogens with one attached hydrogen (secondary N) is 1. The molecule has 3 rings (SSSR count). The van der Waals surface area contributed by atoms with E-state index < -0.39 is 0 Å². The highest BCUT2D eigenvalue weighted by atomic mass is 35.5. The second-order valence-electron chi connectivity index (χ2n) is 5.29. The van der Waals surface area contributed by atoms with Crippen LogP contribution in [0.1, 0.15) is 17.2 Å². The largest absolute Gasteiger partial charge is 0.333 e. The fourth-order valence-electron chi connectivity index (χ4n) is 2.71. The number of hydrogen-bond donors (Lipinski definition) is 1. The maximum Gasteiger partial charge on any atom is 0.227 e. The molecule has 0 bridgehead atoms. The van der Waals surface area contributed by atoms with Crippen LogP contribution < -0.4 is 5.32 Å². The van der Waals surface area contributed by atoms with Gasteiger partial charge >= 0.3 is 0 Å². The zero-order valence-corrected chi connectivity index (χ0v) is 14.5. The predicted octanol–water partition coefficient (Wildman–Crippen LogP) is 1.37. The van der Waals surface area contributed by atoms with Gasteiger partial charge in [0.05, 0.1) is 18.7 Å². The molecule has 6 nitrogen and oxygen atoms in total. The van der Waals surface area contributed by atoms with Crippen molar-refractivity contribution in [2.24, 2.45) is 7.05 Å². The maximum absolute atomic E-state index is 12.6. The zero-order chi connectivity index (χ0) is 14.7. The van der Waals surface area contributed by atoms with E-state index in [0.29, 0.717) is 6.42 Å². The van der Waals surface area contributed by atoms with Crippen LogP contribution in [0.4, 0.5) is 0 Å². The van der Waals surface area contributed by atoms with E-state index in [4.69, 9.17) is 0 Å². The van der Waals surface area contributed by atoms with E-state index >= 15 is 0 Å². The third-order valence-corrected chi connectivity index (χ3v) is 3.75. The molecule has 1 aliphatic heterocycles. The number of aryl methyl sites for hydroxylation is 1. The molecule has 3 heterocycles. The standard InChI is InChI=1S/C15H19N5O.2ClH/c1-19-11-12(8-18-19)7-15(21)20-6-5-17-10-14(20)13-3-2-4-16-9-13;;/h2-4,8-9,11,14,17H,5-7,10H2,1H3;2*1H. The molecule has 0 aliphatic carbocycles. The van der Waals surface area contributed by atoms with Crippen LogP contribution in [-0.2, 0) is 18.3 Å². The third kappa shape index (κ3) is 4.67. The molecule has 1 aliphatic rings. The number of hydrogen-bond acceptors (Lipinski definition) is 4. The minimum atomic E-state index is 0. The van der Waals surface area contributed by atoms with E-state index in [9.17, 15) is 4.79 Å². The van der Waals surface area contributed by atoms with E-state index in [1.165, 1.54) is 0 Å². The predicted molar refractivity (Wildman–Crippen MR) is 93.0 cm³/mol. The van der Waals surface area contributed by atoms with Crippen molar-refractivity contribution < 1.29 is 4.79 Å². The quantitative estimate of drug-likeness (QED) is 0.900. The lowest BCUT2D eigenvalue weighted by molar-refractivity contribution is -0.133. The monoisotopic (exact) mass is 357 g/mol. The van der Waals surface area contributed by atoms with Gasteiger partial charge in [-0.3, -0.25) is 14.5 Å². The Hall–Kier alpha value is -1.63. The molecule has 0 saturated carbocycles. The lowest BCUT2D eigenvalue weighted by Gasteiger charge is -2.36. The van der Waals surface area contributed by atoms with Gasteiger partial charge in [-0.05, 0) is 17.2 Å². The molecule has 8 heteroatoms. The number of aromatic nitrogens is 3. The van der Waals surface area contributed by atoms with Crippen molar-refractivity contribution in [1.82, 2.24) is 25.0 Å². The van der Waals surface area contributed by atoms with Crippen molar-refractivity contribution in [2.75, 3.05) is 19.6 Å². The summed E-state index contributed by atoms with van der Waals surface area (Å²) in [4.78, 5) is 18.7. The van der Waals surface area contributed by atoms with Crippen molar-refractivity contribution >= 4 is 30.7 Å². The Morgan fingerprint density at radius 2 is 2.22 bits per heavy atom. The Morgan fingerprint density at radius 3 is 2.87 bits per heavy atom. The summed E-state index contributed by atoms with van der Waals surface area (Å²) in [5.41, 5.74) is 2.02. The molecule has 2 aromatic rings. The highest BCUT2D eigenvalue weighted by Gasteiger charge is 2.27. The van der Waals surface area contributed by atoms with E-state index in [-0.39, 0.29) is 36.8 Å². The van der Waals surface area contributed by atoms with Gasteiger partial charge in [-0.25, -0.2) is 0 Å². The number of pyridine rings is 1. The smallest absolute Gasteiger partial charge is 0.227 e. The molecule has 1 unspecified atom stereocenters. The van der Waals surface area contributed by atoms with E-state index in [0.717, 1.165) is 30.8 Å². The van der Waals surface area contributed by atoms with Crippen molar-refractivity contribution in [1.29, 1.82) is 0 Å². The van der Waals surface area contributed by atoms with Crippen LogP contribution in [0, 0.1) is 0 Å². The molecule has 0 spiro atoms. The number of halogens is 2. The summed E-state index contributed by atoms with van der Waals surface area (Å²) in [5.74, 6) is 0.137. The van der Waals surface area contributed by atoms with E-state index in [2.05, 4.69) is 15.4 Å². The van der Waals surface area contributed by atoms with Gasteiger partial charge in [0.2, 0.25) is 5.91 Å². The van der Waals surface area contributed by atoms with Crippen LogP contribution in [0.5, 0.6) is 0 Å². The zero-order valence-electron chi connectivity index (χ0n) is 12.9. The summed E-state index contributed by atoms with van der Waals surface area (Å²) in [6.45, 7) is 2.32. The van der Waals surface area contributed by atoms with E-state index in [1.54, 1.807) is 17.1 Å². The first-order chi connectivity index (χ1) is 10.2. The highest BCUT2D eigenvalue weighted by Crippen LogP contribution is 2.22. The molecule has 0 aromatic carbocycles. The molecule has 2 aromatic heterocycles. The van der Waals surface area contributed by atoms with Crippen LogP contribution in [0.3, 0.4) is 0 Å². The summed E-state index contributed by atoms with van der Waals surface area (Å²) in [6, 6.07) is 3.99. The average Bonchev–Trinajstić information content (AvgIpc) is 2.93. The van der Waals surface area contributed by atoms with Crippen LogP contribution in [0.25, 0.3) is 0 Å². The molecule has 1 amide bonds. The van der Waals surface area contributed by atoms with Crippen molar-refractivity contribution in [3.05, 3.63) is 48.0 Å². The van der Waals surface area contributed by atoms with Gasteiger partial charge in [-0.15, -0.1) is 24.8 Å². The fourth-order valence-corrected chi connectivity index (χ4v) is 2.71. The topological polar surface area (TPSA) is 63.1 Å². The molecule has 126 valence electrons. The first-order valence-electron chi connectivity index (χ1n) is 7.11. The number of rotatable bonds is 3. The minimum absolute atomic E-state index is 0. The Morgan fingerprint density at radius 1 is 1.39 bits per heavy atom. The highest BCUT2D eigenvalue weighted by molar-refractivity contribution is 5.85. The summed E-state index contributed by atoms with van der Waals surface area (Å²) in [7, 11) is 1.86. The Kier molecular flexibility index (Phi) is 7.48. The van der Waals surface area contributed by atoms with E-state index in [1.807, 2.05) is 36.5 Å².